The van der Waals surface area contributed by atoms with E-state index in [-0.39, 0.29) is 12.5 Å². The van der Waals surface area contributed by atoms with Crippen molar-refractivity contribution in [2.24, 2.45) is 0 Å². The number of amides is 1. The molecule has 198 valence electrons. The van der Waals surface area contributed by atoms with Gasteiger partial charge in [-0.2, -0.15) is 0 Å². The lowest BCUT2D eigenvalue weighted by molar-refractivity contribution is -0.122. The monoisotopic (exact) mass is 553 g/mol. The van der Waals surface area contributed by atoms with E-state index in [2.05, 4.69) is 20.3 Å². The van der Waals surface area contributed by atoms with Crippen LogP contribution in [0.2, 0.25) is 5.02 Å². The van der Waals surface area contributed by atoms with Gasteiger partial charge in [0.2, 0.25) is 15.9 Å². The Morgan fingerprint density at radius 2 is 1.89 bits per heavy atom. The van der Waals surface area contributed by atoms with E-state index in [1.165, 1.54) is 0 Å². The zero-order valence-corrected chi connectivity index (χ0v) is 22.4. The fourth-order valence-corrected chi connectivity index (χ4v) is 4.70. The van der Waals surface area contributed by atoms with Gasteiger partial charge >= 0.3 is 0 Å². The van der Waals surface area contributed by atoms with Crippen LogP contribution in [0.4, 0.5) is 17.2 Å². The molecule has 9 nitrogen and oxygen atoms in total. The van der Waals surface area contributed by atoms with Gasteiger partial charge in [-0.15, -0.1) is 0 Å². The van der Waals surface area contributed by atoms with Crippen molar-refractivity contribution in [1.82, 2.24) is 10.3 Å². The molecule has 0 aliphatic rings. The molecule has 0 saturated carbocycles. The normalized spacial score (nSPS) is 12.1. The van der Waals surface area contributed by atoms with Gasteiger partial charge in [-0.1, -0.05) is 29.8 Å². The van der Waals surface area contributed by atoms with E-state index < -0.39 is 16.1 Å². The Morgan fingerprint density at radius 3 is 2.66 bits per heavy atom. The maximum atomic E-state index is 13.5. The van der Waals surface area contributed by atoms with Crippen molar-refractivity contribution in [3.05, 3.63) is 89.1 Å². The molecule has 1 atom stereocenters. The standard InChI is InChI=1S/C27H28ClN5O4S/c1-3-37-24-15-19(7-10-23(24)28)25(32-20-8-9-22-18(14-20)11-12-30-26(22)29)27(34)31-16-17-5-4-6-21(13-17)33-38(2,35)36/h4-15,25,32-33H,3,16H2,1-2H3,(H2,29,30)(H,31,34). The number of aromatic nitrogens is 1. The number of halogens is 1. The highest BCUT2D eigenvalue weighted by molar-refractivity contribution is 7.92. The van der Waals surface area contributed by atoms with Gasteiger partial charge in [0, 0.05) is 29.5 Å². The molecule has 0 spiro atoms. The number of nitrogens with one attached hydrogen (secondary N) is 3. The molecule has 0 aliphatic carbocycles. The summed E-state index contributed by atoms with van der Waals surface area (Å²) < 4.78 is 31.2. The van der Waals surface area contributed by atoms with E-state index >= 15 is 0 Å². The van der Waals surface area contributed by atoms with Crippen LogP contribution < -0.4 is 25.8 Å². The first-order valence-electron chi connectivity index (χ1n) is 11.8. The van der Waals surface area contributed by atoms with Crippen molar-refractivity contribution in [3.8, 4) is 5.75 Å². The van der Waals surface area contributed by atoms with Gasteiger partial charge in [-0.05, 0) is 72.0 Å². The molecule has 1 heterocycles. The average molecular weight is 554 g/mol. The molecule has 11 heteroatoms. The Hall–Kier alpha value is -4.02. The molecule has 3 aromatic carbocycles. The number of ether oxygens (including phenoxy) is 1. The van der Waals surface area contributed by atoms with E-state index in [1.54, 1.807) is 48.7 Å². The number of nitrogens with two attached hydrogens (primary N) is 1. The van der Waals surface area contributed by atoms with Crippen molar-refractivity contribution in [3.63, 3.8) is 0 Å². The number of nitrogen functional groups attached to an aromatic ring is 1. The fourth-order valence-electron chi connectivity index (χ4n) is 3.97. The largest absolute Gasteiger partial charge is 0.492 e. The van der Waals surface area contributed by atoms with E-state index in [9.17, 15) is 13.2 Å². The second kappa shape index (κ2) is 11.6. The second-order valence-electron chi connectivity index (χ2n) is 8.62. The quantitative estimate of drug-likeness (QED) is 0.223. The van der Waals surface area contributed by atoms with Crippen LogP contribution in [0.3, 0.4) is 0 Å². The lowest BCUT2D eigenvalue weighted by Gasteiger charge is -2.21. The van der Waals surface area contributed by atoms with Crippen molar-refractivity contribution >= 4 is 55.5 Å². The molecule has 4 rings (SSSR count). The Bertz CT molecular complexity index is 1580. The van der Waals surface area contributed by atoms with Gasteiger partial charge in [-0.25, -0.2) is 13.4 Å². The third kappa shape index (κ3) is 6.84. The van der Waals surface area contributed by atoms with Gasteiger partial charge in [0.15, 0.2) is 0 Å². The maximum Gasteiger partial charge on any atom is 0.247 e. The lowest BCUT2D eigenvalue weighted by Crippen LogP contribution is -2.33. The summed E-state index contributed by atoms with van der Waals surface area (Å²) in [5, 5.41) is 8.38. The van der Waals surface area contributed by atoms with E-state index in [0.29, 0.717) is 40.1 Å². The van der Waals surface area contributed by atoms with Crippen LogP contribution >= 0.6 is 11.6 Å². The summed E-state index contributed by atoms with van der Waals surface area (Å²) in [5.74, 6) is 0.601. The Balaban J connectivity index is 1.61. The third-order valence-corrected chi connectivity index (χ3v) is 6.57. The second-order valence-corrected chi connectivity index (χ2v) is 10.8. The highest BCUT2D eigenvalue weighted by Crippen LogP contribution is 2.31. The Morgan fingerprint density at radius 1 is 1.08 bits per heavy atom. The van der Waals surface area contributed by atoms with Crippen molar-refractivity contribution in [2.75, 3.05) is 28.6 Å². The smallest absolute Gasteiger partial charge is 0.247 e. The molecule has 0 aliphatic heterocycles. The average Bonchev–Trinajstić information content (AvgIpc) is 2.87. The number of carbonyl (C=O) groups is 1. The first kappa shape index (κ1) is 27.0. The number of hydrogen-bond acceptors (Lipinski definition) is 7. The van der Waals surface area contributed by atoms with Crippen LogP contribution in [0, 0.1) is 0 Å². The van der Waals surface area contributed by atoms with Crippen LogP contribution in [0.15, 0.2) is 72.9 Å². The number of anilines is 3. The third-order valence-electron chi connectivity index (χ3n) is 5.65. The summed E-state index contributed by atoms with van der Waals surface area (Å²) in [5.41, 5.74) is 8.48. The van der Waals surface area contributed by atoms with Gasteiger partial charge < -0.3 is 21.1 Å². The van der Waals surface area contributed by atoms with Crippen LogP contribution in [-0.4, -0.2) is 32.2 Å². The lowest BCUT2D eigenvalue weighted by atomic mass is 10.0. The number of hydrogen-bond donors (Lipinski definition) is 4. The number of carbonyl (C=O) groups excluding carboxylic acids is 1. The topological polar surface area (TPSA) is 135 Å². The molecule has 0 fully saturated rings. The number of benzene rings is 3. The Kier molecular flexibility index (Phi) is 8.23. The molecule has 1 amide bonds. The van der Waals surface area contributed by atoms with Crippen LogP contribution in [0.25, 0.3) is 10.8 Å². The van der Waals surface area contributed by atoms with Crippen molar-refractivity contribution in [1.29, 1.82) is 0 Å². The van der Waals surface area contributed by atoms with Crippen LogP contribution in [-0.2, 0) is 21.4 Å². The first-order valence-corrected chi connectivity index (χ1v) is 14.1. The SMILES string of the molecule is CCOc1cc(C(Nc2ccc3c(N)nccc3c2)C(=O)NCc2cccc(NS(C)(=O)=O)c2)ccc1Cl. The number of fused-ring (bicyclic) bond motifs is 1. The van der Waals surface area contributed by atoms with Gasteiger partial charge in [0.05, 0.1) is 17.9 Å². The van der Waals surface area contributed by atoms with Gasteiger partial charge in [0.1, 0.15) is 17.6 Å². The minimum atomic E-state index is -3.42. The molecular formula is C27H28ClN5O4S. The highest BCUT2D eigenvalue weighted by Gasteiger charge is 2.22. The summed E-state index contributed by atoms with van der Waals surface area (Å²) in [6, 6.07) is 18.7. The predicted molar refractivity (Wildman–Crippen MR) is 152 cm³/mol. The maximum absolute atomic E-state index is 13.5. The molecule has 0 radical (unpaired) electrons. The fraction of sp³-hybridized carbons (Fsp3) is 0.185. The molecule has 1 aromatic heterocycles. The minimum absolute atomic E-state index is 0.183. The molecule has 5 N–H and O–H groups in total. The Labute approximate surface area is 226 Å². The van der Waals surface area contributed by atoms with Crippen molar-refractivity contribution < 1.29 is 17.9 Å². The molecular weight excluding hydrogens is 526 g/mol. The van der Waals surface area contributed by atoms with Crippen molar-refractivity contribution in [2.45, 2.75) is 19.5 Å². The zero-order valence-electron chi connectivity index (χ0n) is 20.9. The molecule has 38 heavy (non-hydrogen) atoms. The summed E-state index contributed by atoms with van der Waals surface area (Å²) >= 11 is 6.29. The molecule has 1 unspecified atom stereocenters. The zero-order chi connectivity index (χ0) is 27.3. The van der Waals surface area contributed by atoms with Crippen LogP contribution in [0.5, 0.6) is 5.75 Å². The summed E-state index contributed by atoms with van der Waals surface area (Å²) in [6.45, 7) is 2.46. The first-order chi connectivity index (χ1) is 18.1. The highest BCUT2D eigenvalue weighted by atomic mass is 35.5. The predicted octanol–water partition coefficient (Wildman–Crippen LogP) is 4.71. The summed E-state index contributed by atoms with van der Waals surface area (Å²) in [4.78, 5) is 17.6. The van der Waals surface area contributed by atoms with Gasteiger partial charge in [0.25, 0.3) is 0 Å². The minimum Gasteiger partial charge on any atom is -0.492 e. The van der Waals surface area contributed by atoms with E-state index in [1.807, 2.05) is 31.2 Å². The molecule has 0 saturated heterocycles. The van der Waals surface area contributed by atoms with Crippen LogP contribution in [0.1, 0.15) is 24.1 Å². The summed E-state index contributed by atoms with van der Waals surface area (Å²) in [6.07, 6.45) is 2.71. The molecule has 4 aromatic rings. The van der Waals surface area contributed by atoms with E-state index in [0.717, 1.165) is 22.6 Å². The van der Waals surface area contributed by atoms with E-state index in [4.69, 9.17) is 22.1 Å². The number of sulfonamides is 1. The number of rotatable bonds is 10. The van der Waals surface area contributed by atoms with Gasteiger partial charge in [-0.3, -0.25) is 9.52 Å². The number of pyridine rings is 1. The molecule has 0 bridgehead atoms. The summed E-state index contributed by atoms with van der Waals surface area (Å²) in [7, 11) is -3.42. The number of nitrogens with zero attached hydrogens (tertiary/aromatic N) is 1.